The summed E-state index contributed by atoms with van der Waals surface area (Å²) in [5, 5.41) is 7.36. The summed E-state index contributed by atoms with van der Waals surface area (Å²) in [6, 6.07) is 5.55. The van der Waals surface area contributed by atoms with Gasteiger partial charge in [0.15, 0.2) is 5.76 Å². The molecule has 0 radical (unpaired) electrons. The molecule has 2 aromatic rings. The molecule has 0 amide bonds. The molecule has 0 bridgehead atoms. The fraction of sp³-hybridized carbons (Fsp3) is 0.368. The predicted molar refractivity (Wildman–Crippen MR) is 98.3 cm³/mol. The van der Waals surface area contributed by atoms with Crippen LogP contribution in [0, 0.1) is 13.8 Å². The topological polar surface area (TPSA) is 75.3 Å². The second-order valence-electron chi connectivity index (χ2n) is 5.45. The highest BCUT2D eigenvalue weighted by Gasteiger charge is 2.08. The quantitative estimate of drug-likeness (QED) is 0.278. The van der Waals surface area contributed by atoms with E-state index in [1.807, 2.05) is 45.1 Å². The van der Waals surface area contributed by atoms with Crippen molar-refractivity contribution in [1.82, 2.24) is 5.16 Å². The van der Waals surface area contributed by atoms with Gasteiger partial charge in [-0.05, 0) is 49.2 Å². The minimum atomic E-state index is 0.339. The van der Waals surface area contributed by atoms with Crippen molar-refractivity contribution in [3.63, 3.8) is 0 Å². The number of benzene rings is 1. The molecule has 26 heavy (non-hydrogen) atoms. The lowest BCUT2D eigenvalue weighted by Crippen LogP contribution is -2.10. The highest BCUT2D eigenvalue weighted by Crippen LogP contribution is 2.28. The number of oxime groups is 1. The summed E-state index contributed by atoms with van der Waals surface area (Å²) < 4.78 is 22.0. The molecule has 1 heterocycles. The van der Waals surface area contributed by atoms with Crippen molar-refractivity contribution in [2.75, 3.05) is 26.9 Å². The zero-order chi connectivity index (χ0) is 18.8. The van der Waals surface area contributed by atoms with Crippen LogP contribution < -0.4 is 14.2 Å². The fourth-order valence-corrected chi connectivity index (χ4v) is 2.26. The van der Waals surface area contributed by atoms with Crippen LogP contribution in [0.15, 0.2) is 40.0 Å². The highest BCUT2D eigenvalue weighted by atomic mass is 16.6. The van der Waals surface area contributed by atoms with Crippen LogP contribution in [0.25, 0.3) is 0 Å². The third kappa shape index (κ3) is 5.84. The average molecular weight is 360 g/mol. The molecule has 7 nitrogen and oxygen atoms in total. The van der Waals surface area contributed by atoms with Crippen molar-refractivity contribution in [3.05, 3.63) is 47.2 Å². The van der Waals surface area contributed by atoms with E-state index in [1.165, 1.54) is 13.3 Å². The summed E-state index contributed by atoms with van der Waals surface area (Å²) in [6.45, 7) is 7.22. The minimum absolute atomic E-state index is 0.339. The molecule has 7 heteroatoms. The van der Waals surface area contributed by atoms with Gasteiger partial charge in [-0.25, -0.2) is 0 Å². The Balaban J connectivity index is 1.83. The van der Waals surface area contributed by atoms with Gasteiger partial charge in [-0.3, -0.25) is 0 Å². The molecule has 0 saturated heterocycles. The van der Waals surface area contributed by atoms with Crippen LogP contribution in [0.2, 0.25) is 0 Å². The van der Waals surface area contributed by atoms with Gasteiger partial charge in [-0.1, -0.05) is 17.3 Å². The van der Waals surface area contributed by atoms with Gasteiger partial charge < -0.3 is 23.6 Å². The Kier molecular flexibility index (Phi) is 7.54. The molecule has 0 N–H and O–H groups in total. The maximum atomic E-state index is 5.84. The summed E-state index contributed by atoms with van der Waals surface area (Å²) in [4.78, 5) is 4.57. The first-order valence-corrected chi connectivity index (χ1v) is 8.28. The van der Waals surface area contributed by atoms with E-state index in [0.717, 1.165) is 22.6 Å². The number of hydrogen-bond acceptors (Lipinski definition) is 7. The minimum Gasteiger partial charge on any atom is -0.490 e. The van der Waals surface area contributed by atoms with E-state index in [9.17, 15) is 0 Å². The number of aromatic nitrogens is 1. The number of aryl methyl sites for hydroxylation is 2. The van der Waals surface area contributed by atoms with E-state index < -0.39 is 0 Å². The van der Waals surface area contributed by atoms with Crippen LogP contribution in [0.1, 0.15) is 23.8 Å². The molecule has 0 aliphatic rings. The van der Waals surface area contributed by atoms with Gasteiger partial charge in [0.05, 0.1) is 6.07 Å². The van der Waals surface area contributed by atoms with Crippen molar-refractivity contribution >= 4 is 6.21 Å². The van der Waals surface area contributed by atoms with Gasteiger partial charge in [0.2, 0.25) is 0 Å². The summed E-state index contributed by atoms with van der Waals surface area (Å²) in [6.07, 6.45) is 5.32. The number of rotatable bonds is 10. The van der Waals surface area contributed by atoms with Crippen LogP contribution in [0.3, 0.4) is 0 Å². The largest absolute Gasteiger partial charge is 0.490 e. The SMILES string of the molecule is C/C=C/COc1cc(C)c(OCCOc2cc(C=NOC)on2)c(C)c1. The summed E-state index contributed by atoms with van der Waals surface area (Å²) in [5.74, 6) is 2.48. The first kappa shape index (κ1) is 19.4. The Morgan fingerprint density at radius 1 is 1.08 bits per heavy atom. The van der Waals surface area contributed by atoms with E-state index in [-0.39, 0.29) is 0 Å². The predicted octanol–water partition coefficient (Wildman–Crippen LogP) is 3.68. The lowest BCUT2D eigenvalue weighted by molar-refractivity contribution is 0.202. The first-order valence-electron chi connectivity index (χ1n) is 8.28. The first-order chi connectivity index (χ1) is 12.6. The monoisotopic (exact) mass is 360 g/mol. The molecular weight excluding hydrogens is 336 g/mol. The van der Waals surface area contributed by atoms with Crippen molar-refractivity contribution in [2.45, 2.75) is 20.8 Å². The second-order valence-corrected chi connectivity index (χ2v) is 5.45. The zero-order valence-corrected chi connectivity index (χ0v) is 15.5. The van der Waals surface area contributed by atoms with Crippen LogP contribution in [0.5, 0.6) is 17.4 Å². The fourth-order valence-electron chi connectivity index (χ4n) is 2.26. The van der Waals surface area contributed by atoms with Crippen LogP contribution in [-0.4, -0.2) is 38.3 Å². The van der Waals surface area contributed by atoms with Gasteiger partial charge in [-0.2, -0.15) is 0 Å². The second kappa shape index (κ2) is 10.1. The Bertz CT molecular complexity index is 729. The number of allylic oxidation sites excluding steroid dienone is 1. The molecule has 0 aliphatic carbocycles. The Hall–Kier alpha value is -2.96. The van der Waals surface area contributed by atoms with E-state index in [4.69, 9.17) is 18.7 Å². The molecule has 0 spiro atoms. The zero-order valence-electron chi connectivity index (χ0n) is 15.5. The third-order valence-electron chi connectivity index (χ3n) is 3.39. The van der Waals surface area contributed by atoms with Crippen molar-refractivity contribution in [3.8, 4) is 17.4 Å². The lowest BCUT2D eigenvalue weighted by Gasteiger charge is -2.14. The van der Waals surface area contributed by atoms with E-state index >= 15 is 0 Å². The van der Waals surface area contributed by atoms with Crippen molar-refractivity contribution in [1.29, 1.82) is 0 Å². The van der Waals surface area contributed by atoms with Crippen LogP contribution >= 0.6 is 0 Å². The van der Waals surface area contributed by atoms with Gasteiger partial charge in [0, 0.05) is 0 Å². The number of hydrogen-bond donors (Lipinski definition) is 0. The van der Waals surface area contributed by atoms with E-state index in [1.54, 1.807) is 6.07 Å². The number of ether oxygens (including phenoxy) is 3. The maximum absolute atomic E-state index is 5.84. The smallest absolute Gasteiger partial charge is 0.254 e. The third-order valence-corrected chi connectivity index (χ3v) is 3.39. The van der Waals surface area contributed by atoms with E-state index in [0.29, 0.717) is 31.5 Å². The van der Waals surface area contributed by atoms with Crippen molar-refractivity contribution < 1.29 is 23.6 Å². The normalized spacial score (nSPS) is 11.2. The molecule has 0 unspecified atom stereocenters. The Morgan fingerprint density at radius 3 is 2.50 bits per heavy atom. The van der Waals surface area contributed by atoms with Gasteiger partial charge in [-0.15, -0.1) is 0 Å². The molecule has 1 aromatic heterocycles. The van der Waals surface area contributed by atoms with E-state index in [2.05, 4.69) is 15.1 Å². The molecule has 0 aliphatic heterocycles. The molecule has 2 rings (SSSR count). The Morgan fingerprint density at radius 2 is 1.81 bits per heavy atom. The highest BCUT2D eigenvalue weighted by molar-refractivity contribution is 5.75. The summed E-state index contributed by atoms with van der Waals surface area (Å²) >= 11 is 0. The number of nitrogens with zero attached hydrogens (tertiary/aromatic N) is 2. The van der Waals surface area contributed by atoms with Gasteiger partial charge in [0.25, 0.3) is 5.88 Å². The molecule has 140 valence electrons. The molecule has 0 fully saturated rings. The molecular formula is C19H24N2O5. The van der Waals surface area contributed by atoms with Gasteiger partial charge >= 0.3 is 0 Å². The Labute approximate surface area is 153 Å². The van der Waals surface area contributed by atoms with Crippen LogP contribution in [0.4, 0.5) is 0 Å². The average Bonchev–Trinajstić information content (AvgIpc) is 3.06. The maximum Gasteiger partial charge on any atom is 0.254 e. The molecule has 0 saturated carbocycles. The van der Waals surface area contributed by atoms with Gasteiger partial charge in [0.1, 0.15) is 44.6 Å². The lowest BCUT2D eigenvalue weighted by atomic mass is 10.1. The van der Waals surface area contributed by atoms with Crippen LogP contribution in [-0.2, 0) is 4.84 Å². The standard InChI is InChI=1S/C19H24N2O5/c1-5-6-7-23-16-10-14(2)19(15(3)11-16)25-9-8-24-18-12-17(26-21-18)13-20-22-4/h5-6,10-13H,7-9H2,1-4H3/b6-5+,20-13?. The summed E-state index contributed by atoms with van der Waals surface area (Å²) in [7, 11) is 1.45. The van der Waals surface area contributed by atoms with Crippen molar-refractivity contribution in [2.24, 2.45) is 5.16 Å². The molecule has 1 aromatic carbocycles. The molecule has 0 atom stereocenters. The summed E-state index contributed by atoms with van der Waals surface area (Å²) in [5.41, 5.74) is 2.03.